The second-order valence-electron chi connectivity index (χ2n) is 5.91. The van der Waals surface area contributed by atoms with Crippen LogP contribution in [0.4, 0.5) is 0 Å². The maximum atomic E-state index is 4.30. The van der Waals surface area contributed by atoms with Crippen LogP contribution in [0, 0.1) is 5.92 Å². The van der Waals surface area contributed by atoms with Crippen LogP contribution in [-0.2, 0) is 6.54 Å². The fourth-order valence-electron chi connectivity index (χ4n) is 2.30. The number of benzene rings is 1. The van der Waals surface area contributed by atoms with Crippen molar-refractivity contribution in [2.45, 2.75) is 30.5 Å². The number of aromatic nitrogens is 2. The van der Waals surface area contributed by atoms with Crippen molar-refractivity contribution in [1.82, 2.24) is 20.4 Å². The maximum absolute atomic E-state index is 4.30. The molecule has 0 aliphatic heterocycles. The van der Waals surface area contributed by atoms with E-state index in [1.807, 2.05) is 48.0 Å². The Balaban J connectivity index is 1.68. The summed E-state index contributed by atoms with van der Waals surface area (Å²) in [5.41, 5.74) is 0. The van der Waals surface area contributed by atoms with Gasteiger partial charge < -0.3 is 10.6 Å². The Morgan fingerprint density at radius 3 is 2.58 bits per heavy atom. The molecule has 2 aromatic rings. The lowest BCUT2D eigenvalue weighted by Gasteiger charge is -2.18. The average molecular weight is 346 g/mol. The number of aliphatic imine (C=N–C) groups is 1. The molecule has 0 fully saturated rings. The van der Waals surface area contributed by atoms with Crippen molar-refractivity contribution in [3.8, 4) is 0 Å². The van der Waals surface area contributed by atoms with Gasteiger partial charge in [0, 0.05) is 49.2 Å². The molecule has 0 saturated carbocycles. The minimum absolute atomic E-state index is 0.465. The van der Waals surface area contributed by atoms with E-state index in [9.17, 15) is 0 Å². The Hall–Kier alpha value is -1.95. The number of nitrogens with zero attached hydrogens (tertiary/aromatic N) is 3. The van der Waals surface area contributed by atoms with Gasteiger partial charge in [0.15, 0.2) is 5.96 Å². The molecule has 0 aliphatic rings. The number of thioether (sulfide) groups is 1. The molecule has 0 aliphatic carbocycles. The van der Waals surface area contributed by atoms with Crippen molar-refractivity contribution >= 4 is 17.7 Å². The molecule has 0 amide bonds. The summed E-state index contributed by atoms with van der Waals surface area (Å²) in [4.78, 5) is 5.59. The third kappa shape index (κ3) is 6.66. The third-order valence-electron chi connectivity index (χ3n) is 3.54. The Bertz CT molecular complexity index is 597. The van der Waals surface area contributed by atoms with Crippen LogP contribution in [0.25, 0.3) is 0 Å². The normalized spacial score (nSPS) is 14.2. The van der Waals surface area contributed by atoms with Crippen molar-refractivity contribution in [2.24, 2.45) is 10.9 Å². The zero-order chi connectivity index (χ0) is 17.2. The Morgan fingerprint density at radius 2 is 1.92 bits per heavy atom. The van der Waals surface area contributed by atoms with Gasteiger partial charge in [-0.05, 0) is 24.1 Å². The molecule has 6 heteroatoms. The Morgan fingerprint density at radius 1 is 1.17 bits per heavy atom. The maximum Gasteiger partial charge on any atom is 0.191 e. The highest BCUT2D eigenvalue weighted by Crippen LogP contribution is 2.21. The number of guanidine groups is 1. The lowest BCUT2D eigenvalue weighted by atomic mass is 10.2. The highest BCUT2D eigenvalue weighted by molar-refractivity contribution is 8.00. The lowest BCUT2D eigenvalue weighted by Crippen LogP contribution is -2.42. The van der Waals surface area contributed by atoms with Crippen LogP contribution in [0.1, 0.15) is 13.8 Å². The van der Waals surface area contributed by atoms with Gasteiger partial charge in [0.25, 0.3) is 0 Å². The van der Waals surface area contributed by atoms with E-state index >= 15 is 0 Å². The van der Waals surface area contributed by atoms with Crippen molar-refractivity contribution in [1.29, 1.82) is 0 Å². The predicted molar refractivity (Wildman–Crippen MR) is 103 cm³/mol. The molecule has 2 unspecified atom stereocenters. The van der Waals surface area contributed by atoms with Crippen molar-refractivity contribution in [3.05, 3.63) is 48.8 Å². The van der Waals surface area contributed by atoms with E-state index in [0.29, 0.717) is 11.2 Å². The summed E-state index contributed by atoms with van der Waals surface area (Å²) in [5, 5.41) is 11.5. The van der Waals surface area contributed by atoms with Gasteiger partial charge in [-0.1, -0.05) is 32.0 Å². The standard InChI is InChI=1S/C18H27N5S/c1-15(14-23-11-7-10-22-23)12-20-18(19-3)21-13-16(2)24-17-8-5-4-6-9-17/h4-11,15-16H,12-14H2,1-3H3,(H2,19,20,21). The van der Waals surface area contributed by atoms with Gasteiger partial charge in [-0.2, -0.15) is 5.10 Å². The Labute approximate surface area is 148 Å². The molecule has 0 spiro atoms. The van der Waals surface area contributed by atoms with Gasteiger partial charge >= 0.3 is 0 Å². The smallest absolute Gasteiger partial charge is 0.191 e. The van der Waals surface area contributed by atoms with E-state index in [1.54, 1.807) is 0 Å². The van der Waals surface area contributed by atoms with Gasteiger partial charge in [-0.25, -0.2) is 0 Å². The highest BCUT2D eigenvalue weighted by Gasteiger charge is 2.08. The second-order valence-corrected chi connectivity index (χ2v) is 7.42. The van der Waals surface area contributed by atoms with Crippen molar-refractivity contribution < 1.29 is 0 Å². The first-order chi connectivity index (χ1) is 11.7. The molecule has 0 radical (unpaired) electrons. The molecule has 1 heterocycles. The van der Waals surface area contributed by atoms with Gasteiger partial charge in [-0.15, -0.1) is 11.8 Å². The fraction of sp³-hybridized carbons (Fsp3) is 0.444. The van der Waals surface area contributed by atoms with Gasteiger partial charge in [0.2, 0.25) is 0 Å². The molecule has 2 rings (SSSR count). The van der Waals surface area contributed by atoms with Crippen molar-refractivity contribution in [2.75, 3.05) is 20.1 Å². The molecule has 1 aromatic carbocycles. The first-order valence-corrected chi connectivity index (χ1v) is 9.19. The number of nitrogens with one attached hydrogen (secondary N) is 2. The van der Waals surface area contributed by atoms with Gasteiger partial charge in [0.05, 0.1) is 0 Å². The summed E-state index contributed by atoms with van der Waals surface area (Å²) in [6.45, 7) is 7.05. The van der Waals surface area contributed by atoms with E-state index in [2.05, 4.69) is 58.8 Å². The van der Waals surface area contributed by atoms with E-state index < -0.39 is 0 Å². The Kier molecular flexibility index (Phi) is 7.68. The molecule has 2 atom stereocenters. The number of hydrogen-bond acceptors (Lipinski definition) is 3. The van der Waals surface area contributed by atoms with E-state index in [-0.39, 0.29) is 0 Å². The minimum atomic E-state index is 0.465. The van der Waals surface area contributed by atoms with Crippen LogP contribution < -0.4 is 10.6 Å². The van der Waals surface area contributed by atoms with Crippen LogP contribution in [-0.4, -0.2) is 41.1 Å². The fourth-order valence-corrected chi connectivity index (χ4v) is 3.24. The summed E-state index contributed by atoms with van der Waals surface area (Å²) in [6.07, 6.45) is 3.80. The van der Waals surface area contributed by atoms with E-state index in [0.717, 1.165) is 25.6 Å². The largest absolute Gasteiger partial charge is 0.356 e. The number of hydrogen-bond donors (Lipinski definition) is 2. The summed E-state index contributed by atoms with van der Waals surface area (Å²) >= 11 is 1.87. The molecule has 130 valence electrons. The molecule has 2 N–H and O–H groups in total. The van der Waals surface area contributed by atoms with Crippen LogP contribution >= 0.6 is 11.8 Å². The summed E-state index contributed by atoms with van der Waals surface area (Å²) < 4.78 is 1.96. The van der Waals surface area contributed by atoms with Gasteiger partial charge in [-0.3, -0.25) is 9.67 Å². The summed E-state index contributed by atoms with van der Waals surface area (Å²) in [7, 11) is 1.81. The summed E-state index contributed by atoms with van der Waals surface area (Å²) in [5.74, 6) is 1.32. The molecule has 0 saturated heterocycles. The molecule has 0 bridgehead atoms. The third-order valence-corrected chi connectivity index (χ3v) is 4.65. The zero-order valence-electron chi connectivity index (χ0n) is 14.6. The molecule has 5 nitrogen and oxygen atoms in total. The predicted octanol–water partition coefficient (Wildman–Crippen LogP) is 2.87. The zero-order valence-corrected chi connectivity index (χ0v) is 15.5. The first-order valence-electron chi connectivity index (χ1n) is 8.31. The lowest BCUT2D eigenvalue weighted by molar-refractivity contribution is 0.443. The average Bonchev–Trinajstić information content (AvgIpc) is 3.09. The van der Waals surface area contributed by atoms with E-state index in [1.165, 1.54) is 4.90 Å². The van der Waals surface area contributed by atoms with E-state index in [4.69, 9.17) is 0 Å². The van der Waals surface area contributed by atoms with Crippen LogP contribution in [0.15, 0.2) is 58.7 Å². The second kappa shape index (κ2) is 10.0. The van der Waals surface area contributed by atoms with Crippen LogP contribution in [0.5, 0.6) is 0 Å². The topological polar surface area (TPSA) is 54.2 Å². The molecular formula is C18H27N5S. The van der Waals surface area contributed by atoms with Gasteiger partial charge in [0.1, 0.15) is 0 Å². The molecule has 24 heavy (non-hydrogen) atoms. The highest BCUT2D eigenvalue weighted by atomic mass is 32.2. The van der Waals surface area contributed by atoms with Crippen molar-refractivity contribution in [3.63, 3.8) is 0 Å². The summed E-state index contributed by atoms with van der Waals surface area (Å²) in [6, 6.07) is 12.4. The first kappa shape index (κ1) is 18.4. The number of rotatable bonds is 8. The minimum Gasteiger partial charge on any atom is -0.356 e. The van der Waals surface area contributed by atoms with Crippen LogP contribution in [0.3, 0.4) is 0 Å². The SMILES string of the molecule is CN=C(NCC(C)Cn1cccn1)NCC(C)Sc1ccccc1. The quantitative estimate of drug-likeness (QED) is 0.439. The van der Waals surface area contributed by atoms with Crippen LogP contribution in [0.2, 0.25) is 0 Å². The molecule has 1 aromatic heterocycles. The molecular weight excluding hydrogens is 318 g/mol. The monoisotopic (exact) mass is 345 g/mol.